The highest BCUT2D eigenvalue weighted by molar-refractivity contribution is 6.01. The number of hydrogen-bond donors (Lipinski definition) is 2. The molecule has 1 saturated carbocycles. The maximum atomic E-state index is 13.7. The third-order valence-corrected chi connectivity index (χ3v) is 5.70. The van der Waals surface area contributed by atoms with Crippen molar-refractivity contribution in [3.8, 4) is 0 Å². The number of carboxylic acids is 1. The van der Waals surface area contributed by atoms with Crippen molar-refractivity contribution in [1.29, 1.82) is 0 Å². The molecule has 0 spiro atoms. The van der Waals surface area contributed by atoms with Crippen LogP contribution in [0.25, 0.3) is 10.9 Å². The van der Waals surface area contributed by atoms with Crippen LogP contribution in [0.2, 0.25) is 0 Å². The molecule has 3 heterocycles. The van der Waals surface area contributed by atoms with Gasteiger partial charge in [0.15, 0.2) is 5.69 Å². The predicted molar refractivity (Wildman–Crippen MR) is 104 cm³/mol. The van der Waals surface area contributed by atoms with Crippen LogP contribution in [0.5, 0.6) is 0 Å². The van der Waals surface area contributed by atoms with Crippen LogP contribution < -0.4 is 5.32 Å². The highest BCUT2D eigenvalue weighted by Gasteiger charge is 2.55. The minimum atomic E-state index is -1.20. The molecular formula is C20H22FN5O4. The summed E-state index contributed by atoms with van der Waals surface area (Å²) in [4.78, 5) is 42.7. The molecule has 158 valence electrons. The van der Waals surface area contributed by atoms with Gasteiger partial charge in [-0.25, -0.2) is 9.18 Å². The molecule has 2 amide bonds. The fourth-order valence-electron chi connectivity index (χ4n) is 4.02. The van der Waals surface area contributed by atoms with Crippen LogP contribution in [0.4, 0.5) is 4.39 Å². The van der Waals surface area contributed by atoms with Gasteiger partial charge >= 0.3 is 5.97 Å². The summed E-state index contributed by atoms with van der Waals surface area (Å²) in [6.07, 6.45) is 4.29. The fraction of sp³-hybridized carbons (Fsp3) is 0.450. The Morgan fingerprint density at radius 1 is 1.30 bits per heavy atom. The van der Waals surface area contributed by atoms with Gasteiger partial charge in [-0.15, -0.1) is 0 Å². The van der Waals surface area contributed by atoms with Crippen molar-refractivity contribution in [2.45, 2.75) is 45.3 Å². The first-order chi connectivity index (χ1) is 14.3. The van der Waals surface area contributed by atoms with Crippen molar-refractivity contribution < 1.29 is 23.9 Å². The molecule has 4 rings (SSSR count). The summed E-state index contributed by atoms with van der Waals surface area (Å²) in [7, 11) is 0. The molecule has 0 bridgehead atoms. The van der Waals surface area contributed by atoms with Gasteiger partial charge < -0.3 is 15.3 Å². The Morgan fingerprint density at radius 2 is 2.07 bits per heavy atom. The number of fused-ring (bicyclic) bond motifs is 2. The molecule has 0 radical (unpaired) electrons. The summed E-state index contributed by atoms with van der Waals surface area (Å²) >= 11 is 0. The molecule has 0 aromatic carbocycles. The Hall–Kier alpha value is -3.30. The van der Waals surface area contributed by atoms with Gasteiger partial charge in [0.1, 0.15) is 18.4 Å². The molecule has 2 fully saturated rings. The number of aromatic carboxylic acids is 1. The number of likely N-dealkylation sites (tertiary alicyclic amines) is 1. The number of carbonyl (C=O) groups is 3. The topological polar surface area (TPSA) is 117 Å². The van der Waals surface area contributed by atoms with Crippen LogP contribution in [0, 0.1) is 5.92 Å². The molecule has 3 atom stereocenters. The normalized spacial score (nSPS) is 22.0. The first kappa shape index (κ1) is 20.0. The third-order valence-electron chi connectivity index (χ3n) is 5.70. The second-order valence-corrected chi connectivity index (χ2v) is 7.94. The first-order valence-electron chi connectivity index (χ1n) is 9.72. The highest BCUT2D eigenvalue weighted by atomic mass is 19.1. The zero-order chi connectivity index (χ0) is 21.6. The summed E-state index contributed by atoms with van der Waals surface area (Å²) in [5.74, 6) is -2.04. The van der Waals surface area contributed by atoms with E-state index in [4.69, 9.17) is 0 Å². The minimum absolute atomic E-state index is 0.0135. The van der Waals surface area contributed by atoms with E-state index < -0.39 is 17.8 Å². The van der Waals surface area contributed by atoms with Gasteiger partial charge in [-0.1, -0.05) is 0 Å². The minimum Gasteiger partial charge on any atom is -0.476 e. The van der Waals surface area contributed by atoms with Gasteiger partial charge in [0.05, 0.1) is 18.3 Å². The Kier molecular flexibility index (Phi) is 5.00. The Labute approximate surface area is 171 Å². The molecular weight excluding hydrogens is 393 g/mol. The average Bonchev–Trinajstić information content (AvgIpc) is 3.21. The molecule has 1 aliphatic carbocycles. The number of carbonyl (C=O) groups excluding carboxylic acids is 2. The molecule has 1 aliphatic heterocycles. The maximum absolute atomic E-state index is 13.7. The number of rotatable bonds is 6. The number of carboxylic acid groups (broad SMARTS) is 1. The number of pyridine rings is 1. The smallest absolute Gasteiger partial charge is 0.357 e. The number of amides is 2. The highest BCUT2D eigenvalue weighted by Crippen LogP contribution is 2.48. The van der Waals surface area contributed by atoms with Gasteiger partial charge in [0, 0.05) is 17.6 Å². The van der Waals surface area contributed by atoms with Crippen molar-refractivity contribution in [3.05, 3.63) is 35.6 Å². The van der Waals surface area contributed by atoms with Crippen LogP contribution in [0.15, 0.2) is 29.9 Å². The lowest BCUT2D eigenvalue weighted by Crippen LogP contribution is -2.49. The molecule has 2 aromatic heterocycles. The SMILES string of the molecule is CC(C)=C(F)CNC(=O)[C@@H]1C[C@H]2C[C@H]2N1C(=O)Cn1nc(C(=O)O)c2ccncc21. The van der Waals surface area contributed by atoms with E-state index in [1.165, 1.54) is 23.1 Å². The van der Waals surface area contributed by atoms with Crippen molar-refractivity contribution in [2.24, 2.45) is 5.92 Å². The molecule has 2 aliphatic rings. The van der Waals surface area contributed by atoms with E-state index in [2.05, 4.69) is 15.4 Å². The number of nitrogens with one attached hydrogen (secondary N) is 1. The lowest BCUT2D eigenvalue weighted by atomic mass is 10.1. The van der Waals surface area contributed by atoms with Crippen LogP contribution in [0.1, 0.15) is 37.2 Å². The lowest BCUT2D eigenvalue weighted by molar-refractivity contribution is -0.140. The molecule has 1 saturated heterocycles. The molecule has 2 aromatic rings. The average molecular weight is 415 g/mol. The number of aromatic nitrogens is 3. The van der Waals surface area contributed by atoms with Crippen LogP contribution in [-0.4, -0.2) is 61.2 Å². The van der Waals surface area contributed by atoms with E-state index in [1.54, 1.807) is 18.7 Å². The van der Waals surface area contributed by atoms with Crippen molar-refractivity contribution >= 4 is 28.7 Å². The third kappa shape index (κ3) is 3.53. The quantitative estimate of drug-likeness (QED) is 0.738. The number of halogens is 1. The van der Waals surface area contributed by atoms with Gasteiger partial charge in [0.25, 0.3) is 0 Å². The van der Waals surface area contributed by atoms with Crippen LogP contribution in [-0.2, 0) is 16.1 Å². The van der Waals surface area contributed by atoms with Gasteiger partial charge in [0.2, 0.25) is 11.8 Å². The van der Waals surface area contributed by atoms with E-state index in [-0.39, 0.29) is 42.6 Å². The van der Waals surface area contributed by atoms with Crippen LogP contribution >= 0.6 is 0 Å². The lowest BCUT2D eigenvalue weighted by Gasteiger charge is -2.27. The molecule has 10 heteroatoms. The molecule has 0 unspecified atom stereocenters. The Bertz CT molecular complexity index is 1070. The second kappa shape index (κ2) is 7.51. The first-order valence-corrected chi connectivity index (χ1v) is 9.72. The van der Waals surface area contributed by atoms with E-state index >= 15 is 0 Å². The van der Waals surface area contributed by atoms with E-state index in [9.17, 15) is 23.9 Å². The molecule has 2 N–H and O–H groups in total. The molecule has 9 nitrogen and oxygen atoms in total. The second-order valence-electron chi connectivity index (χ2n) is 7.94. The number of allylic oxidation sites excluding steroid dienone is 1. The maximum Gasteiger partial charge on any atom is 0.357 e. The predicted octanol–water partition coefficient (Wildman–Crippen LogP) is 1.50. The Balaban J connectivity index is 1.53. The monoisotopic (exact) mass is 415 g/mol. The standard InChI is InChI=1S/C20H22FN5O4/c1-10(2)13(21)7-23-19(28)15-6-11-5-14(11)26(15)17(27)9-25-16-8-22-4-3-12(16)18(24-25)20(29)30/h3-4,8,11,14-15H,5-7,9H2,1-2H3,(H,23,28)(H,29,30)/t11-,14-,15+/m1/s1. The fourth-order valence-corrected chi connectivity index (χ4v) is 4.02. The summed E-state index contributed by atoms with van der Waals surface area (Å²) in [6, 6.07) is 0.860. The summed E-state index contributed by atoms with van der Waals surface area (Å²) in [5.41, 5.74) is 0.768. The zero-order valence-electron chi connectivity index (χ0n) is 16.6. The van der Waals surface area contributed by atoms with Gasteiger partial charge in [-0.3, -0.25) is 19.3 Å². The number of hydrogen-bond acceptors (Lipinski definition) is 5. The number of nitrogens with zero attached hydrogens (tertiary/aromatic N) is 4. The summed E-state index contributed by atoms with van der Waals surface area (Å²) < 4.78 is 15.0. The molecule has 30 heavy (non-hydrogen) atoms. The number of piperidine rings is 1. The van der Waals surface area contributed by atoms with E-state index in [0.29, 0.717) is 22.9 Å². The van der Waals surface area contributed by atoms with Gasteiger partial charge in [-0.05, 0) is 44.2 Å². The zero-order valence-corrected chi connectivity index (χ0v) is 16.6. The van der Waals surface area contributed by atoms with Crippen molar-refractivity contribution in [3.63, 3.8) is 0 Å². The van der Waals surface area contributed by atoms with Crippen molar-refractivity contribution in [2.75, 3.05) is 6.54 Å². The van der Waals surface area contributed by atoms with E-state index in [0.717, 1.165) is 6.42 Å². The van der Waals surface area contributed by atoms with Gasteiger partial charge in [-0.2, -0.15) is 5.10 Å². The van der Waals surface area contributed by atoms with E-state index in [1.807, 2.05) is 0 Å². The Morgan fingerprint density at radius 3 is 2.77 bits per heavy atom. The summed E-state index contributed by atoms with van der Waals surface area (Å²) in [5, 5.41) is 16.4. The summed E-state index contributed by atoms with van der Waals surface area (Å²) in [6.45, 7) is 2.84. The largest absolute Gasteiger partial charge is 0.476 e. The van der Waals surface area contributed by atoms with Crippen LogP contribution in [0.3, 0.4) is 0 Å². The van der Waals surface area contributed by atoms with Crippen molar-refractivity contribution in [1.82, 2.24) is 25.0 Å².